The molecular formula is C38H71BN2O13. The number of nitrogens with zero attached hydrogens (tertiary/aromatic N) is 2. The summed E-state index contributed by atoms with van der Waals surface area (Å²) in [5, 5.41) is 45.8. The van der Waals surface area contributed by atoms with Crippen molar-refractivity contribution in [3.63, 3.8) is 0 Å². The number of esters is 1. The van der Waals surface area contributed by atoms with Crippen LogP contribution in [0.5, 0.6) is 0 Å². The van der Waals surface area contributed by atoms with Gasteiger partial charge in [0.15, 0.2) is 12.6 Å². The maximum absolute atomic E-state index is 14.4. The smallest absolute Gasteiger partial charge is 0.459 e. The van der Waals surface area contributed by atoms with Crippen LogP contribution in [0.4, 0.5) is 0 Å². The number of aliphatic hydroxyl groups excluding tert-OH is 2. The minimum absolute atomic E-state index is 0.0944. The Morgan fingerprint density at radius 1 is 1.02 bits per heavy atom. The van der Waals surface area contributed by atoms with Gasteiger partial charge < -0.3 is 67.9 Å². The highest BCUT2D eigenvalue weighted by Crippen LogP contribution is 2.42. The quantitative estimate of drug-likeness (QED) is 0.218. The normalized spacial score (nSPS) is 49.3. The van der Waals surface area contributed by atoms with Gasteiger partial charge in [0, 0.05) is 38.1 Å². The van der Waals surface area contributed by atoms with Crippen LogP contribution in [0.15, 0.2) is 0 Å². The lowest BCUT2D eigenvalue weighted by Gasteiger charge is -2.48. The Hall–Kier alpha value is -0.985. The third-order valence-electron chi connectivity index (χ3n) is 12.8. The molecule has 16 heteroatoms. The van der Waals surface area contributed by atoms with Crippen LogP contribution in [-0.2, 0) is 42.5 Å². The number of ether oxygens (including phenoxy) is 6. The summed E-state index contributed by atoms with van der Waals surface area (Å²) in [5.74, 6) is -2.38. The monoisotopic (exact) mass is 775 g/mol. The molecular weight excluding hydrogens is 703 g/mol. The van der Waals surface area contributed by atoms with E-state index < -0.39 is 97.2 Å². The minimum atomic E-state index is -1.53. The van der Waals surface area contributed by atoms with Crippen LogP contribution in [0.25, 0.3) is 0 Å². The SMILES string of the molecule is CC[C@@H]1OC(=O)[C@H](C)[C@H](O[C@H]2C[C@@](C)(OC)[C@@H](O)[C@H](C)O2)[C@@H](C)[C@@H](O[C@@H]2O[C@H](C)C[C@H](N(C)C)[C@H]2O)[C@](C)(O)C[C@@H](C)CN(C)[C@@H](C)[C@@H]2OB(O)O[C@]12C. The molecule has 15 nitrogen and oxygen atoms in total. The Morgan fingerprint density at radius 3 is 2.26 bits per heavy atom. The van der Waals surface area contributed by atoms with Gasteiger partial charge in [-0.25, -0.2) is 0 Å². The van der Waals surface area contributed by atoms with Gasteiger partial charge in [-0.1, -0.05) is 20.8 Å². The Morgan fingerprint density at radius 2 is 1.67 bits per heavy atom. The summed E-state index contributed by atoms with van der Waals surface area (Å²) >= 11 is 0. The molecule has 4 saturated heterocycles. The van der Waals surface area contributed by atoms with Gasteiger partial charge in [0.25, 0.3) is 0 Å². The summed E-state index contributed by atoms with van der Waals surface area (Å²) in [5.41, 5.74) is -3.75. The zero-order chi connectivity index (χ0) is 40.7. The molecule has 0 unspecified atom stereocenters. The minimum Gasteiger partial charge on any atom is -0.459 e. The molecule has 0 aromatic carbocycles. The van der Waals surface area contributed by atoms with Crippen molar-refractivity contribution >= 4 is 13.3 Å². The molecule has 314 valence electrons. The van der Waals surface area contributed by atoms with E-state index in [4.69, 9.17) is 37.7 Å². The molecule has 4 heterocycles. The van der Waals surface area contributed by atoms with E-state index in [1.165, 1.54) is 7.11 Å². The van der Waals surface area contributed by atoms with E-state index in [0.29, 0.717) is 19.4 Å². The number of cyclic esters (lactones) is 1. The van der Waals surface area contributed by atoms with Gasteiger partial charge in [0.1, 0.15) is 23.9 Å². The Kier molecular flexibility index (Phi) is 15.1. The maximum atomic E-state index is 14.4. The topological polar surface area (TPSA) is 178 Å². The van der Waals surface area contributed by atoms with Gasteiger partial charge in [0.2, 0.25) is 0 Å². The van der Waals surface area contributed by atoms with Crippen molar-refractivity contribution < 1.29 is 62.9 Å². The molecule has 4 aliphatic heterocycles. The number of hydrogen-bond acceptors (Lipinski definition) is 15. The number of methoxy groups -OCH3 is 1. The fourth-order valence-corrected chi connectivity index (χ4v) is 9.46. The average Bonchev–Trinajstić information content (AvgIpc) is 3.40. The van der Waals surface area contributed by atoms with E-state index in [1.807, 2.05) is 60.7 Å². The third kappa shape index (κ3) is 9.65. The summed E-state index contributed by atoms with van der Waals surface area (Å²) in [6.45, 7) is 18.9. The zero-order valence-electron chi connectivity index (χ0n) is 35.1. The number of hydrogen-bond donors (Lipinski definition) is 4. The van der Waals surface area contributed by atoms with Crippen LogP contribution >= 0.6 is 0 Å². The Bertz CT molecular complexity index is 1240. The summed E-state index contributed by atoms with van der Waals surface area (Å²) < 4.78 is 50.0. The van der Waals surface area contributed by atoms with Gasteiger partial charge in [0.05, 0.1) is 47.6 Å². The second-order valence-corrected chi connectivity index (χ2v) is 17.7. The van der Waals surface area contributed by atoms with Crippen LogP contribution < -0.4 is 0 Å². The molecule has 4 fully saturated rings. The van der Waals surface area contributed by atoms with Gasteiger partial charge in [-0.3, -0.25) is 4.79 Å². The Balaban J connectivity index is 1.83. The highest BCUT2D eigenvalue weighted by atomic mass is 16.7. The predicted octanol–water partition coefficient (Wildman–Crippen LogP) is 1.94. The summed E-state index contributed by atoms with van der Waals surface area (Å²) in [6.07, 6.45) is -7.01. The molecule has 0 spiro atoms. The zero-order valence-corrected chi connectivity index (χ0v) is 35.1. The lowest BCUT2D eigenvalue weighted by atomic mass is 9.77. The number of carbonyl (C=O) groups excluding carboxylic acids is 1. The second-order valence-electron chi connectivity index (χ2n) is 17.7. The maximum Gasteiger partial charge on any atom is 0.637 e. The first-order valence-electron chi connectivity index (χ1n) is 19.8. The number of likely N-dealkylation sites (N-methyl/N-ethyl adjacent to an activating group) is 2. The van der Waals surface area contributed by atoms with Crippen molar-refractivity contribution in [3.05, 3.63) is 0 Å². The lowest BCUT2D eigenvalue weighted by Crippen LogP contribution is -2.60. The van der Waals surface area contributed by atoms with E-state index in [9.17, 15) is 25.1 Å². The van der Waals surface area contributed by atoms with E-state index in [2.05, 4.69) is 4.90 Å². The van der Waals surface area contributed by atoms with Crippen LogP contribution in [0.1, 0.15) is 94.9 Å². The fourth-order valence-electron chi connectivity index (χ4n) is 9.46. The third-order valence-corrected chi connectivity index (χ3v) is 12.8. The molecule has 4 aliphatic rings. The molecule has 0 aliphatic carbocycles. The van der Waals surface area contributed by atoms with Gasteiger partial charge in [-0.15, -0.1) is 0 Å². The molecule has 54 heavy (non-hydrogen) atoms. The van der Waals surface area contributed by atoms with Crippen LogP contribution in [-0.4, -0.2) is 169 Å². The highest BCUT2D eigenvalue weighted by Gasteiger charge is 2.58. The molecule has 0 bridgehead atoms. The van der Waals surface area contributed by atoms with E-state index in [1.54, 1.807) is 34.6 Å². The number of aliphatic hydroxyl groups is 3. The molecule has 0 radical (unpaired) electrons. The molecule has 4 rings (SSSR count). The number of fused-ring (bicyclic) bond motifs is 1. The standard InChI is InChI=1S/C38H71BN2O13/c1-15-27-38(10)33(53-39(46)54-38)24(6)41(13)19-20(2)17-36(8,45)32(52-35-29(42)26(40(11)12)16-21(3)48-35)22(4)30(23(5)34(44)50-27)51-28-18-37(9,47-14)31(43)25(7)49-28/h20-33,35,42-43,45-46H,15-19H2,1-14H3/t20-,21-,22-,23-,24+,25+,26+,27+,28+,29-,30-,31+,32-,33+,35+,36-,37-,38-/m1/s1. The fraction of sp³-hybridized carbons (Fsp3) is 0.974. The molecule has 0 aromatic heterocycles. The average molecular weight is 775 g/mol. The summed E-state index contributed by atoms with van der Waals surface area (Å²) in [6, 6.07) is -0.552. The van der Waals surface area contributed by atoms with Crippen molar-refractivity contribution in [3.8, 4) is 0 Å². The molecule has 0 aromatic rings. The number of rotatable bonds is 7. The first-order valence-corrected chi connectivity index (χ1v) is 19.8. The summed E-state index contributed by atoms with van der Waals surface area (Å²) in [7, 11) is 5.76. The Labute approximate surface area is 323 Å². The van der Waals surface area contributed by atoms with Crippen molar-refractivity contribution in [2.75, 3.05) is 34.8 Å². The van der Waals surface area contributed by atoms with E-state index >= 15 is 0 Å². The van der Waals surface area contributed by atoms with Crippen molar-refractivity contribution in [1.29, 1.82) is 0 Å². The second kappa shape index (κ2) is 17.9. The first kappa shape index (κ1) is 45.7. The first-order chi connectivity index (χ1) is 25.0. The van der Waals surface area contributed by atoms with E-state index in [0.717, 1.165) is 0 Å². The van der Waals surface area contributed by atoms with E-state index in [-0.39, 0.29) is 36.9 Å². The predicted molar refractivity (Wildman–Crippen MR) is 200 cm³/mol. The highest BCUT2D eigenvalue weighted by molar-refractivity contribution is 6.35. The molecule has 4 N–H and O–H groups in total. The van der Waals surface area contributed by atoms with Crippen LogP contribution in [0.3, 0.4) is 0 Å². The lowest BCUT2D eigenvalue weighted by molar-refractivity contribution is -0.318. The molecule has 0 amide bonds. The molecule has 0 saturated carbocycles. The van der Waals surface area contributed by atoms with Crippen molar-refractivity contribution in [2.45, 2.75) is 185 Å². The largest absolute Gasteiger partial charge is 0.637 e. The number of carbonyl (C=O) groups is 1. The summed E-state index contributed by atoms with van der Waals surface area (Å²) in [4.78, 5) is 18.5. The van der Waals surface area contributed by atoms with Crippen LogP contribution in [0.2, 0.25) is 0 Å². The molecule has 18 atom stereocenters. The van der Waals surface area contributed by atoms with Crippen molar-refractivity contribution in [1.82, 2.24) is 9.80 Å². The van der Waals surface area contributed by atoms with Gasteiger partial charge in [-0.2, -0.15) is 0 Å². The van der Waals surface area contributed by atoms with Gasteiger partial charge in [-0.05, 0) is 94.8 Å². The van der Waals surface area contributed by atoms with Gasteiger partial charge >= 0.3 is 13.3 Å². The van der Waals surface area contributed by atoms with Crippen LogP contribution in [0, 0.1) is 17.8 Å². The van der Waals surface area contributed by atoms with Crippen molar-refractivity contribution in [2.24, 2.45) is 17.8 Å².